The maximum Gasteiger partial charge on any atom is 0.180 e. The van der Waals surface area contributed by atoms with E-state index >= 15 is 0 Å². The van der Waals surface area contributed by atoms with Crippen molar-refractivity contribution in [2.75, 3.05) is 0 Å². The van der Waals surface area contributed by atoms with Gasteiger partial charge in [0.1, 0.15) is 5.52 Å². The van der Waals surface area contributed by atoms with E-state index in [1.54, 1.807) is 55.6 Å². The molecule has 3 aromatic heterocycles. The van der Waals surface area contributed by atoms with E-state index < -0.39 is 15.1 Å². The molecule has 0 radical (unpaired) electrons. The predicted molar refractivity (Wildman–Crippen MR) is 125 cm³/mol. The van der Waals surface area contributed by atoms with Crippen molar-refractivity contribution in [1.82, 2.24) is 15.0 Å². The number of thiophene rings is 1. The van der Waals surface area contributed by atoms with Gasteiger partial charge >= 0.3 is 0 Å². The molecule has 5 nitrogen and oxygen atoms in total. The number of benzene rings is 2. The lowest BCUT2D eigenvalue weighted by molar-refractivity contribution is 0.587. The molecule has 0 amide bonds. The molecule has 0 fully saturated rings. The molecule has 2 aromatic carbocycles. The lowest BCUT2D eigenvalue weighted by Crippen LogP contribution is -2.13. The second-order valence-corrected chi connectivity index (χ2v) is 11.0. The molecule has 0 aliphatic carbocycles. The molecule has 152 valence electrons. The summed E-state index contributed by atoms with van der Waals surface area (Å²) in [6.45, 7) is 3.37. The third-order valence-corrected chi connectivity index (χ3v) is 8.49. The van der Waals surface area contributed by atoms with Gasteiger partial charge in [-0.3, -0.25) is 0 Å². The summed E-state index contributed by atoms with van der Waals surface area (Å²) in [6, 6.07) is 17.3. The number of H-pyrrole nitrogens is 1. The van der Waals surface area contributed by atoms with Gasteiger partial charge in [-0.25, -0.2) is 18.4 Å². The van der Waals surface area contributed by atoms with E-state index in [1.807, 2.05) is 18.3 Å². The fourth-order valence-corrected chi connectivity index (χ4v) is 5.56. The molecule has 5 rings (SSSR count). The highest BCUT2D eigenvalue weighted by Crippen LogP contribution is 2.36. The SMILES string of the molecule is CC(C)S(=O)(=O)c1ccc(-c2cnc3[nH]cc(-c4cc5ccccc5s4)c3n2)cc1.[HH]. The van der Waals surface area contributed by atoms with Crippen LogP contribution < -0.4 is 0 Å². The summed E-state index contributed by atoms with van der Waals surface area (Å²) in [5, 5.41) is 0.751. The molecule has 0 bridgehead atoms. The van der Waals surface area contributed by atoms with Gasteiger partial charge in [0.15, 0.2) is 15.5 Å². The standard InChI is InChI=1S/C23H19N3O2S2.H2/c1-14(2)30(27,28)17-9-7-15(8-10-17)19-13-25-23-22(26-19)18(12-24-23)21-11-16-5-3-4-6-20(16)29-21;/h3-14H,1-2H3,(H,24,25);1H. The first-order valence-corrected chi connectivity index (χ1v) is 12.0. The second kappa shape index (κ2) is 7.04. The molecular weight excluding hydrogens is 414 g/mol. The van der Waals surface area contributed by atoms with Gasteiger partial charge in [-0.05, 0) is 43.5 Å². The van der Waals surface area contributed by atoms with Crippen LogP contribution in [-0.2, 0) is 9.84 Å². The van der Waals surface area contributed by atoms with Crippen LogP contribution in [0.5, 0.6) is 0 Å². The van der Waals surface area contributed by atoms with Crippen molar-refractivity contribution in [2.24, 2.45) is 0 Å². The van der Waals surface area contributed by atoms with Crippen LogP contribution in [0.3, 0.4) is 0 Å². The van der Waals surface area contributed by atoms with E-state index in [4.69, 9.17) is 4.98 Å². The minimum Gasteiger partial charge on any atom is -0.344 e. The maximum absolute atomic E-state index is 12.4. The molecule has 0 saturated carbocycles. The molecule has 0 spiro atoms. The van der Waals surface area contributed by atoms with Gasteiger partial charge in [-0.15, -0.1) is 11.3 Å². The highest BCUT2D eigenvalue weighted by Gasteiger charge is 2.19. The third-order valence-electron chi connectivity index (χ3n) is 5.17. The summed E-state index contributed by atoms with van der Waals surface area (Å²) < 4.78 is 26.0. The Morgan fingerprint density at radius 1 is 1.07 bits per heavy atom. The lowest BCUT2D eigenvalue weighted by atomic mass is 10.1. The van der Waals surface area contributed by atoms with Gasteiger partial charge in [-0.2, -0.15) is 0 Å². The van der Waals surface area contributed by atoms with Crippen LogP contribution in [0.4, 0.5) is 0 Å². The Balaban J connectivity index is 0.00000231. The van der Waals surface area contributed by atoms with E-state index in [9.17, 15) is 8.42 Å². The molecule has 30 heavy (non-hydrogen) atoms. The summed E-state index contributed by atoms with van der Waals surface area (Å²) in [7, 11) is -3.30. The Morgan fingerprint density at radius 2 is 1.83 bits per heavy atom. The van der Waals surface area contributed by atoms with Crippen molar-refractivity contribution in [3.8, 4) is 21.7 Å². The molecule has 0 aliphatic heterocycles. The number of aromatic nitrogens is 3. The minimum absolute atomic E-state index is 0. The van der Waals surface area contributed by atoms with E-state index in [0.29, 0.717) is 10.6 Å². The predicted octanol–water partition coefficient (Wildman–Crippen LogP) is 5.93. The summed E-state index contributed by atoms with van der Waals surface area (Å²) in [5.74, 6) is 0. The van der Waals surface area contributed by atoms with Crippen molar-refractivity contribution >= 4 is 42.4 Å². The summed E-state index contributed by atoms with van der Waals surface area (Å²) in [6.07, 6.45) is 3.65. The number of nitrogens with one attached hydrogen (secondary N) is 1. The molecule has 0 atom stereocenters. The minimum atomic E-state index is -3.30. The number of fused-ring (bicyclic) bond motifs is 2. The molecule has 0 aliphatic rings. The van der Waals surface area contributed by atoms with Crippen molar-refractivity contribution in [3.05, 3.63) is 67.0 Å². The molecule has 5 aromatic rings. The third kappa shape index (κ3) is 3.11. The average molecular weight is 436 g/mol. The molecule has 0 saturated heterocycles. The topological polar surface area (TPSA) is 75.7 Å². The van der Waals surface area contributed by atoms with Crippen LogP contribution >= 0.6 is 11.3 Å². The number of nitrogens with zero attached hydrogens (tertiary/aromatic N) is 2. The van der Waals surface area contributed by atoms with Gasteiger partial charge in [0.2, 0.25) is 0 Å². The summed E-state index contributed by atoms with van der Waals surface area (Å²) >= 11 is 1.72. The van der Waals surface area contributed by atoms with E-state index in [0.717, 1.165) is 27.2 Å². The normalized spacial score (nSPS) is 12.2. The van der Waals surface area contributed by atoms with Gasteiger partial charge < -0.3 is 4.98 Å². The van der Waals surface area contributed by atoms with E-state index in [1.165, 1.54) is 10.1 Å². The number of rotatable bonds is 4. The Bertz CT molecular complexity index is 1450. The first-order chi connectivity index (χ1) is 14.4. The molecular formula is C23H21N3O2S2. The zero-order valence-corrected chi connectivity index (χ0v) is 18.1. The van der Waals surface area contributed by atoms with Crippen LogP contribution in [0.15, 0.2) is 71.9 Å². The molecule has 0 unspecified atom stereocenters. The Kier molecular flexibility index (Phi) is 4.45. The highest BCUT2D eigenvalue weighted by atomic mass is 32.2. The van der Waals surface area contributed by atoms with Gasteiger partial charge in [0.05, 0.1) is 22.0 Å². The maximum atomic E-state index is 12.4. The molecule has 7 heteroatoms. The fourth-order valence-electron chi connectivity index (χ4n) is 3.42. The smallest absolute Gasteiger partial charge is 0.180 e. The van der Waals surface area contributed by atoms with Crippen molar-refractivity contribution in [1.29, 1.82) is 0 Å². The monoisotopic (exact) mass is 435 g/mol. The Labute approximate surface area is 179 Å². The highest BCUT2D eigenvalue weighted by molar-refractivity contribution is 7.92. The van der Waals surface area contributed by atoms with Crippen molar-refractivity contribution in [2.45, 2.75) is 24.0 Å². The number of hydrogen-bond donors (Lipinski definition) is 1. The molecule has 3 heterocycles. The van der Waals surface area contributed by atoms with Crippen molar-refractivity contribution in [3.63, 3.8) is 0 Å². The van der Waals surface area contributed by atoms with Gasteiger partial charge in [0.25, 0.3) is 0 Å². The molecule has 1 N–H and O–H groups in total. The fraction of sp³-hybridized carbons (Fsp3) is 0.130. The van der Waals surface area contributed by atoms with Crippen LogP contribution in [0.2, 0.25) is 0 Å². The summed E-state index contributed by atoms with van der Waals surface area (Å²) in [4.78, 5) is 14.0. The van der Waals surface area contributed by atoms with Crippen molar-refractivity contribution < 1.29 is 9.84 Å². The van der Waals surface area contributed by atoms with E-state index in [2.05, 4.69) is 28.2 Å². The van der Waals surface area contributed by atoms with Gasteiger partial charge in [0, 0.05) is 28.3 Å². The number of aromatic amines is 1. The zero-order chi connectivity index (χ0) is 20.9. The van der Waals surface area contributed by atoms with Crippen LogP contribution in [0, 0.1) is 0 Å². The second-order valence-electron chi connectivity index (χ2n) is 7.42. The van der Waals surface area contributed by atoms with Gasteiger partial charge in [-0.1, -0.05) is 30.3 Å². The van der Waals surface area contributed by atoms with Crippen LogP contribution in [0.25, 0.3) is 42.9 Å². The quantitative estimate of drug-likeness (QED) is 0.379. The Morgan fingerprint density at radius 3 is 2.57 bits per heavy atom. The van der Waals surface area contributed by atoms with Crippen LogP contribution in [0.1, 0.15) is 15.3 Å². The summed E-state index contributed by atoms with van der Waals surface area (Å²) in [5.41, 5.74) is 4.08. The lowest BCUT2D eigenvalue weighted by Gasteiger charge is -2.08. The first kappa shape index (κ1) is 19.0. The number of sulfone groups is 1. The zero-order valence-electron chi connectivity index (χ0n) is 16.5. The van der Waals surface area contributed by atoms with E-state index in [-0.39, 0.29) is 1.43 Å². The number of hydrogen-bond acceptors (Lipinski definition) is 5. The van der Waals surface area contributed by atoms with Crippen LogP contribution in [-0.4, -0.2) is 28.6 Å². The Hall–Kier alpha value is -3.03. The largest absolute Gasteiger partial charge is 0.344 e. The first-order valence-electron chi connectivity index (χ1n) is 9.61. The average Bonchev–Trinajstić information content (AvgIpc) is 3.37.